The van der Waals surface area contributed by atoms with E-state index in [1.165, 1.54) is 18.9 Å². The van der Waals surface area contributed by atoms with E-state index in [0.717, 1.165) is 44.2 Å². The first-order chi connectivity index (χ1) is 11.7. The van der Waals surface area contributed by atoms with Crippen LogP contribution in [0, 0.1) is 11.2 Å². The number of aliphatic imine (C=N–C) groups is 1. The predicted molar refractivity (Wildman–Crippen MR) is 112 cm³/mol. The van der Waals surface area contributed by atoms with Gasteiger partial charge < -0.3 is 15.4 Å². The molecule has 0 radical (unpaired) electrons. The maximum absolute atomic E-state index is 13.6. The topological polar surface area (TPSA) is 45.7 Å². The summed E-state index contributed by atoms with van der Waals surface area (Å²) >= 11 is 0. The van der Waals surface area contributed by atoms with Crippen LogP contribution in [0.1, 0.15) is 38.7 Å². The van der Waals surface area contributed by atoms with E-state index in [-0.39, 0.29) is 29.8 Å². The molecular weight excluding hydrogens is 432 g/mol. The third kappa shape index (κ3) is 7.90. The highest BCUT2D eigenvalue weighted by molar-refractivity contribution is 14.0. The zero-order chi connectivity index (χ0) is 17.3. The summed E-state index contributed by atoms with van der Waals surface area (Å²) in [4.78, 5) is 4.73. The molecule has 0 unspecified atom stereocenters. The Balaban J connectivity index is 0.00000312. The Morgan fingerprint density at radius 2 is 2.00 bits per heavy atom. The van der Waals surface area contributed by atoms with E-state index in [1.54, 1.807) is 6.07 Å². The molecule has 0 amide bonds. The lowest BCUT2D eigenvalue weighted by atomic mass is 10.0. The minimum Gasteiger partial charge on any atom is -0.382 e. The summed E-state index contributed by atoms with van der Waals surface area (Å²) in [5.74, 6) is 0.672. The van der Waals surface area contributed by atoms with Crippen molar-refractivity contribution in [3.63, 3.8) is 0 Å². The van der Waals surface area contributed by atoms with Crippen molar-refractivity contribution in [2.45, 2.75) is 39.5 Å². The third-order valence-electron chi connectivity index (χ3n) is 4.50. The molecule has 4 nitrogen and oxygen atoms in total. The van der Waals surface area contributed by atoms with Crippen LogP contribution in [0.4, 0.5) is 4.39 Å². The number of hydrogen-bond donors (Lipinski definition) is 2. The van der Waals surface area contributed by atoms with E-state index in [4.69, 9.17) is 9.73 Å². The van der Waals surface area contributed by atoms with Crippen LogP contribution in [0.3, 0.4) is 0 Å². The average molecular weight is 463 g/mol. The molecule has 0 aliphatic heterocycles. The van der Waals surface area contributed by atoms with Gasteiger partial charge in [-0.15, -0.1) is 24.0 Å². The van der Waals surface area contributed by atoms with Gasteiger partial charge >= 0.3 is 0 Å². The number of hydrogen-bond acceptors (Lipinski definition) is 2. The zero-order valence-electron chi connectivity index (χ0n) is 15.3. The van der Waals surface area contributed by atoms with Crippen molar-refractivity contribution in [2.24, 2.45) is 10.4 Å². The van der Waals surface area contributed by atoms with Crippen LogP contribution in [0.15, 0.2) is 29.3 Å². The smallest absolute Gasteiger partial charge is 0.191 e. The summed E-state index contributed by atoms with van der Waals surface area (Å²) < 4.78 is 19.1. The number of ether oxygens (including phenoxy) is 1. The number of guanidine groups is 1. The van der Waals surface area contributed by atoms with Gasteiger partial charge in [0.05, 0.1) is 0 Å². The SMILES string of the molecule is CCNC(=NCC1(CCOCC)CC1)NCCc1ccccc1F.I. The van der Waals surface area contributed by atoms with Gasteiger partial charge in [0.15, 0.2) is 5.96 Å². The van der Waals surface area contributed by atoms with Crippen molar-refractivity contribution in [2.75, 3.05) is 32.8 Å². The number of benzene rings is 1. The van der Waals surface area contributed by atoms with E-state index < -0.39 is 0 Å². The summed E-state index contributed by atoms with van der Waals surface area (Å²) in [6.07, 6.45) is 4.20. The molecule has 0 saturated heterocycles. The Bertz CT molecular complexity index is 535. The van der Waals surface area contributed by atoms with Gasteiger partial charge in [-0.05, 0) is 56.6 Å². The Labute approximate surface area is 168 Å². The molecule has 0 bridgehead atoms. The highest BCUT2D eigenvalue weighted by atomic mass is 127. The minimum atomic E-state index is -0.144. The molecule has 1 aromatic carbocycles. The van der Waals surface area contributed by atoms with Gasteiger partial charge in [0, 0.05) is 32.8 Å². The van der Waals surface area contributed by atoms with E-state index in [1.807, 2.05) is 19.1 Å². The number of halogens is 2. The van der Waals surface area contributed by atoms with E-state index in [2.05, 4.69) is 17.6 Å². The molecule has 0 atom stereocenters. The summed E-state index contributed by atoms with van der Waals surface area (Å²) in [5.41, 5.74) is 1.07. The maximum atomic E-state index is 13.6. The molecule has 0 spiro atoms. The number of rotatable bonds is 10. The van der Waals surface area contributed by atoms with Crippen molar-refractivity contribution in [1.29, 1.82) is 0 Å². The Kier molecular flexibility index (Phi) is 10.3. The first-order valence-corrected chi connectivity index (χ1v) is 9.02. The van der Waals surface area contributed by atoms with Gasteiger partial charge in [-0.25, -0.2) is 4.39 Å². The van der Waals surface area contributed by atoms with Gasteiger partial charge in [0.2, 0.25) is 0 Å². The fourth-order valence-corrected chi connectivity index (χ4v) is 2.70. The lowest BCUT2D eigenvalue weighted by Gasteiger charge is -2.15. The van der Waals surface area contributed by atoms with Gasteiger partial charge in [-0.1, -0.05) is 18.2 Å². The zero-order valence-corrected chi connectivity index (χ0v) is 17.6. The lowest BCUT2D eigenvalue weighted by molar-refractivity contribution is 0.129. The van der Waals surface area contributed by atoms with Crippen LogP contribution in [0.5, 0.6) is 0 Å². The Morgan fingerprint density at radius 1 is 1.24 bits per heavy atom. The van der Waals surface area contributed by atoms with Gasteiger partial charge in [-0.2, -0.15) is 0 Å². The van der Waals surface area contributed by atoms with Crippen LogP contribution >= 0.6 is 24.0 Å². The van der Waals surface area contributed by atoms with Gasteiger partial charge in [-0.3, -0.25) is 4.99 Å². The van der Waals surface area contributed by atoms with Crippen LogP contribution in [0.25, 0.3) is 0 Å². The minimum absolute atomic E-state index is 0. The molecule has 1 aromatic rings. The van der Waals surface area contributed by atoms with Crippen molar-refractivity contribution in [1.82, 2.24) is 10.6 Å². The second-order valence-corrected chi connectivity index (χ2v) is 6.41. The lowest BCUT2D eigenvalue weighted by Crippen LogP contribution is -2.38. The average Bonchev–Trinajstić information content (AvgIpc) is 3.35. The molecule has 2 rings (SSSR count). The first-order valence-electron chi connectivity index (χ1n) is 9.02. The van der Waals surface area contributed by atoms with Crippen molar-refractivity contribution >= 4 is 29.9 Å². The van der Waals surface area contributed by atoms with Crippen molar-refractivity contribution in [3.8, 4) is 0 Å². The van der Waals surface area contributed by atoms with Crippen LogP contribution in [0.2, 0.25) is 0 Å². The largest absolute Gasteiger partial charge is 0.382 e. The second kappa shape index (κ2) is 11.7. The summed E-state index contributed by atoms with van der Waals surface area (Å²) in [6.45, 7) is 7.99. The molecular formula is C19H31FIN3O. The van der Waals surface area contributed by atoms with Gasteiger partial charge in [0.1, 0.15) is 5.82 Å². The maximum Gasteiger partial charge on any atom is 0.191 e. The monoisotopic (exact) mass is 463 g/mol. The van der Waals surface area contributed by atoms with Crippen LogP contribution in [-0.2, 0) is 11.2 Å². The van der Waals surface area contributed by atoms with Crippen molar-refractivity contribution < 1.29 is 9.13 Å². The standard InChI is InChI=1S/C19H30FN3O.HI/c1-3-21-18(22-13-9-16-7-5-6-8-17(16)20)23-15-19(10-11-19)12-14-24-4-2;/h5-8H,3-4,9-15H2,1-2H3,(H2,21,22,23);1H. The number of nitrogens with zero attached hydrogens (tertiary/aromatic N) is 1. The fraction of sp³-hybridized carbons (Fsp3) is 0.632. The van der Waals surface area contributed by atoms with Crippen molar-refractivity contribution in [3.05, 3.63) is 35.6 Å². The normalized spacial score (nSPS) is 15.4. The van der Waals surface area contributed by atoms with E-state index in [0.29, 0.717) is 18.4 Å². The molecule has 1 aliphatic carbocycles. The summed E-state index contributed by atoms with van der Waals surface area (Å²) in [7, 11) is 0. The summed E-state index contributed by atoms with van der Waals surface area (Å²) in [6, 6.07) is 6.92. The highest BCUT2D eigenvalue weighted by Gasteiger charge is 2.41. The molecule has 0 heterocycles. The highest BCUT2D eigenvalue weighted by Crippen LogP contribution is 2.48. The molecule has 1 fully saturated rings. The Morgan fingerprint density at radius 3 is 2.64 bits per heavy atom. The molecule has 142 valence electrons. The van der Waals surface area contributed by atoms with Crippen LogP contribution in [-0.4, -0.2) is 38.8 Å². The van der Waals surface area contributed by atoms with E-state index >= 15 is 0 Å². The van der Waals surface area contributed by atoms with E-state index in [9.17, 15) is 4.39 Å². The molecule has 25 heavy (non-hydrogen) atoms. The van der Waals surface area contributed by atoms with Crippen LogP contribution < -0.4 is 10.6 Å². The molecule has 0 aromatic heterocycles. The Hall–Kier alpha value is -0.890. The third-order valence-corrected chi connectivity index (χ3v) is 4.50. The van der Waals surface area contributed by atoms with Gasteiger partial charge in [0.25, 0.3) is 0 Å². The first kappa shape index (κ1) is 22.2. The molecule has 1 aliphatic rings. The molecule has 1 saturated carbocycles. The predicted octanol–water partition coefficient (Wildman–Crippen LogP) is 3.75. The molecule has 2 N–H and O–H groups in total. The summed E-state index contributed by atoms with van der Waals surface area (Å²) in [5, 5.41) is 6.57. The number of nitrogens with one attached hydrogen (secondary N) is 2. The molecule has 6 heteroatoms. The fourth-order valence-electron chi connectivity index (χ4n) is 2.70. The second-order valence-electron chi connectivity index (χ2n) is 6.41. The quantitative estimate of drug-likeness (QED) is 0.241.